The van der Waals surface area contributed by atoms with Crippen molar-refractivity contribution in [3.8, 4) is 5.75 Å². The molecule has 2 nitrogen and oxygen atoms in total. The Kier molecular flexibility index (Phi) is 6.10. The van der Waals surface area contributed by atoms with E-state index in [4.69, 9.17) is 4.74 Å². The fourth-order valence-corrected chi connectivity index (χ4v) is 3.82. The van der Waals surface area contributed by atoms with E-state index in [0.717, 1.165) is 36.5 Å². The fourth-order valence-electron chi connectivity index (χ4n) is 3.82. The van der Waals surface area contributed by atoms with Gasteiger partial charge >= 0.3 is 0 Å². The number of benzene rings is 1. The van der Waals surface area contributed by atoms with Gasteiger partial charge in [0.25, 0.3) is 0 Å². The van der Waals surface area contributed by atoms with E-state index in [9.17, 15) is 0 Å². The Balaban J connectivity index is 2.11. The van der Waals surface area contributed by atoms with Crippen molar-refractivity contribution in [2.24, 2.45) is 17.8 Å². The van der Waals surface area contributed by atoms with Crippen molar-refractivity contribution < 1.29 is 4.74 Å². The molecule has 21 heavy (non-hydrogen) atoms. The van der Waals surface area contributed by atoms with Crippen molar-refractivity contribution in [2.45, 2.75) is 52.5 Å². The molecule has 0 saturated heterocycles. The molecule has 3 unspecified atom stereocenters. The van der Waals surface area contributed by atoms with Crippen LogP contribution in [0.1, 0.15) is 45.6 Å². The Hall–Kier alpha value is -1.02. The van der Waals surface area contributed by atoms with Crippen LogP contribution >= 0.6 is 0 Å². The van der Waals surface area contributed by atoms with Gasteiger partial charge in [0.05, 0.1) is 7.11 Å². The molecular formula is C19H31NO. The highest BCUT2D eigenvalue weighted by Crippen LogP contribution is 2.36. The standard InChI is InChI=1S/C19H31NO/c1-5-20-18-11-10-15(14(2)3)12-17(18)13-16-8-6-7-9-19(16)21-4/h6-9,14-15,17-18,20H,5,10-13H2,1-4H3. The molecule has 1 aromatic rings. The first-order valence-electron chi connectivity index (χ1n) is 8.51. The monoisotopic (exact) mass is 289 g/mol. The number of ether oxygens (including phenoxy) is 1. The summed E-state index contributed by atoms with van der Waals surface area (Å²) in [6.07, 6.45) is 5.16. The lowest BCUT2D eigenvalue weighted by Crippen LogP contribution is -2.42. The van der Waals surface area contributed by atoms with Crippen LogP contribution < -0.4 is 10.1 Å². The summed E-state index contributed by atoms with van der Waals surface area (Å²) in [5.41, 5.74) is 1.36. The van der Waals surface area contributed by atoms with Gasteiger partial charge < -0.3 is 10.1 Å². The molecule has 1 aromatic carbocycles. The number of hydrogen-bond acceptors (Lipinski definition) is 2. The Morgan fingerprint density at radius 3 is 2.67 bits per heavy atom. The van der Waals surface area contributed by atoms with E-state index in [-0.39, 0.29) is 0 Å². The second kappa shape index (κ2) is 7.84. The first-order chi connectivity index (χ1) is 10.2. The zero-order valence-electron chi connectivity index (χ0n) is 14.1. The molecule has 0 aliphatic heterocycles. The van der Waals surface area contributed by atoms with Gasteiger partial charge in [0.1, 0.15) is 5.75 Å². The normalized spacial score (nSPS) is 26.0. The number of nitrogens with one attached hydrogen (secondary N) is 1. The summed E-state index contributed by atoms with van der Waals surface area (Å²) in [5, 5.41) is 3.71. The molecule has 1 fully saturated rings. The van der Waals surface area contributed by atoms with Crippen LogP contribution in [0.25, 0.3) is 0 Å². The number of methoxy groups -OCH3 is 1. The molecule has 118 valence electrons. The minimum absolute atomic E-state index is 0.662. The summed E-state index contributed by atoms with van der Waals surface area (Å²) in [6, 6.07) is 9.15. The highest BCUT2D eigenvalue weighted by molar-refractivity contribution is 5.33. The Bertz CT molecular complexity index is 429. The van der Waals surface area contributed by atoms with Crippen LogP contribution in [0.5, 0.6) is 5.75 Å². The quantitative estimate of drug-likeness (QED) is 0.843. The van der Waals surface area contributed by atoms with Crippen LogP contribution in [-0.2, 0) is 6.42 Å². The molecule has 1 saturated carbocycles. The highest BCUT2D eigenvalue weighted by atomic mass is 16.5. The van der Waals surface area contributed by atoms with Gasteiger partial charge in [-0.1, -0.05) is 39.0 Å². The van der Waals surface area contributed by atoms with Gasteiger partial charge in [-0.25, -0.2) is 0 Å². The van der Waals surface area contributed by atoms with E-state index < -0.39 is 0 Å². The van der Waals surface area contributed by atoms with Crippen LogP contribution in [0.2, 0.25) is 0 Å². The molecule has 2 heteroatoms. The third-order valence-electron chi connectivity index (χ3n) is 5.11. The van der Waals surface area contributed by atoms with E-state index in [1.54, 1.807) is 7.11 Å². The average Bonchev–Trinajstić information content (AvgIpc) is 2.49. The van der Waals surface area contributed by atoms with E-state index in [1.807, 2.05) is 0 Å². The molecule has 1 aliphatic rings. The zero-order valence-corrected chi connectivity index (χ0v) is 14.1. The molecule has 0 aromatic heterocycles. The fraction of sp³-hybridized carbons (Fsp3) is 0.684. The topological polar surface area (TPSA) is 21.3 Å². The third kappa shape index (κ3) is 4.23. The van der Waals surface area contributed by atoms with Crippen LogP contribution in [0.3, 0.4) is 0 Å². The molecule has 0 spiro atoms. The van der Waals surface area contributed by atoms with Gasteiger partial charge in [-0.3, -0.25) is 0 Å². The largest absolute Gasteiger partial charge is 0.496 e. The van der Waals surface area contributed by atoms with E-state index in [0.29, 0.717) is 6.04 Å². The predicted octanol–water partition coefficient (Wildman–Crippen LogP) is 4.29. The van der Waals surface area contributed by atoms with Crippen molar-refractivity contribution in [2.75, 3.05) is 13.7 Å². The van der Waals surface area contributed by atoms with Crippen molar-refractivity contribution in [1.82, 2.24) is 5.32 Å². The zero-order chi connectivity index (χ0) is 15.2. The van der Waals surface area contributed by atoms with E-state index >= 15 is 0 Å². The Labute approximate surface area is 130 Å². The maximum atomic E-state index is 5.54. The molecule has 0 bridgehead atoms. The van der Waals surface area contributed by atoms with Gasteiger partial charge in [0.15, 0.2) is 0 Å². The summed E-state index contributed by atoms with van der Waals surface area (Å²) in [4.78, 5) is 0. The SMILES string of the molecule is CCNC1CCC(C(C)C)CC1Cc1ccccc1OC. The number of rotatable bonds is 6. The average molecular weight is 289 g/mol. The molecule has 2 rings (SSSR count). The van der Waals surface area contributed by atoms with Gasteiger partial charge in [0.2, 0.25) is 0 Å². The van der Waals surface area contributed by atoms with Crippen molar-refractivity contribution >= 4 is 0 Å². The van der Waals surface area contributed by atoms with Gasteiger partial charge in [0, 0.05) is 6.04 Å². The van der Waals surface area contributed by atoms with Crippen LogP contribution in [0.4, 0.5) is 0 Å². The molecule has 1 N–H and O–H groups in total. The minimum atomic E-state index is 0.662. The van der Waals surface area contributed by atoms with Crippen molar-refractivity contribution in [3.63, 3.8) is 0 Å². The first kappa shape index (κ1) is 16.4. The molecule has 0 heterocycles. The summed E-state index contributed by atoms with van der Waals surface area (Å²) >= 11 is 0. The predicted molar refractivity (Wildman–Crippen MR) is 89.8 cm³/mol. The van der Waals surface area contributed by atoms with Gasteiger partial charge in [-0.05, 0) is 61.6 Å². The molecule has 3 atom stereocenters. The molecule has 1 aliphatic carbocycles. The van der Waals surface area contributed by atoms with Crippen molar-refractivity contribution in [1.29, 1.82) is 0 Å². The maximum Gasteiger partial charge on any atom is 0.122 e. The maximum absolute atomic E-state index is 5.54. The third-order valence-corrected chi connectivity index (χ3v) is 5.11. The van der Waals surface area contributed by atoms with Gasteiger partial charge in [-0.2, -0.15) is 0 Å². The number of hydrogen-bond donors (Lipinski definition) is 1. The van der Waals surface area contributed by atoms with Crippen LogP contribution in [0, 0.1) is 17.8 Å². The lowest BCUT2D eigenvalue weighted by atomic mass is 9.71. The minimum Gasteiger partial charge on any atom is -0.496 e. The summed E-state index contributed by atoms with van der Waals surface area (Å²) < 4.78 is 5.54. The van der Waals surface area contributed by atoms with Crippen LogP contribution in [-0.4, -0.2) is 19.7 Å². The smallest absolute Gasteiger partial charge is 0.122 e. The van der Waals surface area contributed by atoms with Crippen molar-refractivity contribution in [3.05, 3.63) is 29.8 Å². The summed E-state index contributed by atoms with van der Waals surface area (Å²) in [5.74, 6) is 3.44. The van der Waals surface area contributed by atoms with Gasteiger partial charge in [-0.15, -0.1) is 0 Å². The lowest BCUT2D eigenvalue weighted by molar-refractivity contribution is 0.168. The van der Waals surface area contributed by atoms with E-state index in [1.165, 1.54) is 24.8 Å². The van der Waals surface area contributed by atoms with E-state index in [2.05, 4.69) is 50.4 Å². The summed E-state index contributed by atoms with van der Waals surface area (Å²) in [7, 11) is 1.78. The second-order valence-electron chi connectivity index (χ2n) is 6.76. The Morgan fingerprint density at radius 2 is 2.00 bits per heavy atom. The summed E-state index contributed by atoms with van der Waals surface area (Å²) in [6.45, 7) is 8.03. The highest BCUT2D eigenvalue weighted by Gasteiger charge is 2.31. The Morgan fingerprint density at radius 1 is 1.24 bits per heavy atom. The second-order valence-corrected chi connectivity index (χ2v) is 6.76. The first-order valence-corrected chi connectivity index (χ1v) is 8.51. The molecule has 0 amide bonds. The number of para-hydroxylation sites is 1. The molecule has 0 radical (unpaired) electrons. The van der Waals surface area contributed by atoms with Crippen LogP contribution in [0.15, 0.2) is 24.3 Å². The lowest BCUT2D eigenvalue weighted by Gasteiger charge is -2.38. The molecular weight excluding hydrogens is 258 g/mol.